The fraction of sp³-hybridized carbons (Fsp3) is 0.188. The summed E-state index contributed by atoms with van der Waals surface area (Å²) in [5.74, 6) is -1.38. The van der Waals surface area contributed by atoms with Crippen LogP contribution >= 0.6 is 0 Å². The Kier molecular flexibility index (Phi) is 4.12. The van der Waals surface area contributed by atoms with E-state index in [2.05, 4.69) is 5.32 Å². The molecule has 3 N–H and O–H groups in total. The molecule has 0 aliphatic carbocycles. The number of aromatic hydroxyl groups is 1. The fourth-order valence-corrected chi connectivity index (χ4v) is 2.19. The topological polar surface area (TPSA) is 69.6 Å². The van der Waals surface area contributed by atoms with Crippen LogP contribution in [-0.2, 0) is 4.79 Å². The molecule has 0 aliphatic rings. The van der Waals surface area contributed by atoms with Gasteiger partial charge in [-0.1, -0.05) is 6.07 Å². The number of carboxylic acids is 1. The number of hydrogen-bond donors (Lipinski definition) is 3. The van der Waals surface area contributed by atoms with Crippen molar-refractivity contribution in [3.05, 3.63) is 58.9 Å². The zero-order chi connectivity index (χ0) is 15.6. The molecule has 1 unspecified atom stereocenters. The molecule has 0 saturated heterocycles. The standard InChI is InChI=1S/C16H16FNO3/c1-9-6-11(7-10(2)15(9)19)14(16(20)21)18-13-5-3-4-12(17)8-13/h3-8,14,18-19H,1-2H3,(H,20,21). The summed E-state index contributed by atoms with van der Waals surface area (Å²) in [5.41, 5.74) is 2.07. The van der Waals surface area contributed by atoms with E-state index in [0.29, 0.717) is 22.4 Å². The van der Waals surface area contributed by atoms with Crippen LogP contribution in [0.1, 0.15) is 22.7 Å². The van der Waals surface area contributed by atoms with Crippen LogP contribution < -0.4 is 5.32 Å². The molecule has 0 radical (unpaired) electrons. The molecule has 110 valence electrons. The number of aryl methyl sites for hydroxylation is 2. The second-order valence-electron chi connectivity index (χ2n) is 4.93. The highest BCUT2D eigenvalue weighted by Gasteiger charge is 2.21. The quantitative estimate of drug-likeness (QED) is 0.807. The summed E-state index contributed by atoms with van der Waals surface area (Å²) in [6, 6.07) is 7.81. The molecule has 0 heterocycles. The number of phenolic OH excluding ortho intramolecular Hbond substituents is 1. The minimum Gasteiger partial charge on any atom is -0.507 e. The Balaban J connectivity index is 2.38. The van der Waals surface area contributed by atoms with Crippen LogP contribution in [0.15, 0.2) is 36.4 Å². The molecule has 0 fully saturated rings. The lowest BCUT2D eigenvalue weighted by Gasteiger charge is -2.18. The first kappa shape index (κ1) is 14.8. The number of halogens is 1. The Morgan fingerprint density at radius 2 is 1.81 bits per heavy atom. The van der Waals surface area contributed by atoms with Gasteiger partial charge >= 0.3 is 5.97 Å². The van der Waals surface area contributed by atoms with Crippen LogP contribution in [-0.4, -0.2) is 16.2 Å². The molecule has 2 rings (SSSR count). The van der Waals surface area contributed by atoms with Gasteiger partial charge in [0.1, 0.15) is 11.6 Å². The average Bonchev–Trinajstić information content (AvgIpc) is 2.41. The summed E-state index contributed by atoms with van der Waals surface area (Å²) >= 11 is 0. The van der Waals surface area contributed by atoms with Gasteiger partial charge in [-0.25, -0.2) is 9.18 Å². The third kappa shape index (κ3) is 3.31. The molecule has 0 amide bonds. The maximum atomic E-state index is 13.2. The lowest BCUT2D eigenvalue weighted by atomic mass is 10.00. The first-order valence-electron chi connectivity index (χ1n) is 6.43. The number of carboxylic acid groups (broad SMARTS) is 1. The maximum absolute atomic E-state index is 13.2. The van der Waals surface area contributed by atoms with E-state index < -0.39 is 17.8 Å². The number of rotatable bonds is 4. The highest BCUT2D eigenvalue weighted by Crippen LogP contribution is 2.28. The number of aliphatic carboxylic acids is 1. The molecule has 4 nitrogen and oxygen atoms in total. The van der Waals surface area contributed by atoms with Crippen molar-refractivity contribution in [1.29, 1.82) is 0 Å². The summed E-state index contributed by atoms with van der Waals surface area (Å²) in [4.78, 5) is 11.5. The van der Waals surface area contributed by atoms with Crippen molar-refractivity contribution in [2.24, 2.45) is 0 Å². The van der Waals surface area contributed by atoms with Gasteiger partial charge in [-0.2, -0.15) is 0 Å². The molecule has 2 aromatic rings. The number of hydrogen-bond acceptors (Lipinski definition) is 3. The van der Waals surface area contributed by atoms with Gasteiger partial charge in [0.15, 0.2) is 6.04 Å². The monoisotopic (exact) mass is 289 g/mol. The largest absolute Gasteiger partial charge is 0.507 e. The number of benzene rings is 2. The van der Waals surface area contributed by atoms with E-state index in [4.69, 9.17) is 0 Å². The summed E-state index contributed by atoms with van der Waals surface area (Å²) in [6.07, 6.45) is 0. The lowest BCUT2D eigenvalue weighted by Crippen LogP contribution is -2.20. The Morgan fingerprint density at radius 3 is 2.33 bits per heavy atom. The summed E-state index contributed by atoms with van der Waals surface area (Å²) in [5, 5.41) is 21.9. The number of carbonyl (C=O) groups is 1. The van der Waals surface area contributed by atoms with Gasteiger partial charge in [0.25, 0.3) is 0 Å². The Labute approximate surface area is 121 Å². The molecule has 5 heteroatoms. The van der Waals surface area contributed by atoms with Crippen molar-refractivity contribution in [2.45, 2.75) is 19.9 Å². The van der Waals surface area contributed by atoms with E-state index in [1.54, 1.807) is 32.0 Å². The number of nitrogens with one attached hydrogen (secondary N) is 1. The molecule has 1 atom stereocenters. The lowest BCUT2D eigenvalue weighted by molar-refractivity contribution is -0.138. The molecular weight excluding hydrogens is 273 g/mol. The van der Waals surface area contributed by atoms with Gasteiger partial charge in [0, 0.05) is 5.69 Å². The number of anilines is 1. The van der Waals surface area contributed by atoms with Gasteiger partial charge in [0.2, 0.25) is 0 Å². The highest BCUT2D eigenvalue weighted by molar-refractivity contribution is 5.79. The van der Waals surface area contributed by atoms with E-state index in [-0.39, 0.29) is 5.75 Å². The third-order valence-corrected chi connectivity index (χ3v) is 3.23. The minimum atomic E-state index is -1.08. The molecule has 0 saturated carbocycles. The average molecular weight is 289 g/mol. The normalized spacial score (nSPS) is 12.0. The summed E-state index contributed by atoms with van der Waals surface area (Å²) in [7, 11) is 0. The van der Waals surface area contributed by atoms with E-state index in [1.807, 2.05) is 0 Å². The van der Waals surface area contributed by atoms with Crippen molar-refractivity contribution in [3.63, 3.8) is 0 Å². The fourth-order valence-electron chi connectivity index (χ4n) is 2.19. The first-order valence-corrected chi connectivity index (χ1v) is 6.43. The van der Waals surface area contributed by atoms with Gasteiger partial charge in [0.05, 0.1) is 0 Å². The molecule has 0 aliphatic heterocycles. The van der Waals surface area contributed by atoms with Crippen molar-refractivity contribution in [1.82, 2.24) is 0 Å². The van der Waals surface area contributed by atoms with Crippen LogP contribution in [0.4, 0.5) is 10.1 Å². The Bertz CT molecular complexity index is 662. The molecule has 0 spiro atoms. The second-order valence-corrected chi connectivity index (χ2v) is 4.93. The molecule has 0 bridgehead atoms. The predicted molar refractivity (Wildman–Crippen MR) is 78.0 cm³/mol. The van der Waals surface area contributed by atoms with Crippen molar-refractivity contribution < 1.29 is 19.4 Å². The number of phenols is 1. The third-order valence-electron chi connectivity index (χ3n) is 3.23. The maximum Gasteiger partial charge on any atom is 0.330 e. The SMILES string of the molecule is Cc1cc(C(Nc2cccc(F)c2)C(=O)O)cc(C)c1O. The van der Waals surface area contributed by atoms with E-state index >= 15 is 0 Å². The van der Waals surface area contributed by atoms with Crippen LogP contribution in [0.2, 0.25) is 0 Å². The summed E-state index contributed by atoms with van der Waals surface area (Å²) < 4.78 is 13.2. The van der Waals surface area contributed by atoms with Crippen molar-refractivity contribution in [2.75, 3.05) is 5.32 Å². The Hall–Kier alpha value is -2.56. The van der Waals surface area contributed by atoms with Gasteiger partial charge < -0.3 is 15.5 Å². The van der Waals surface area contributed by atoms with Gasteiger partial charge in [-0.05, 0) is 60.9 Å². The van der Waals surface area contributed by atoms with Crippen LogP contribution in [0.25, 0.3) is 0 Å². The molecule has 21 heavy (non-hydrogen) atoms. The first-order chi connectivity index (χ1) is 9.88. The van der Waals surface area contributed by atoms with Gasteiger partial charge in [-0.15, -0.1) is 0 Å². The zero-order valence-corrected chi connectivity index (χ0v) is 11.7. The van der Waals surface area contributed by atoms with E-state index in [0.717, 1.165) is 0 Å². The zero-order valence-electron chi connectivity index (χ0n) is 11.7. The molecular formula is C16H16FNO3. The second kappa shape index (κ2) is 5.83. The van der Waals surface area contributed by atoms with Crippen LogP contribution in [0, 0.1) is 19.7 Å². The molecule has 2 aromatic carbocycles. The smallest absolute Gasteiger partial charge is 0.330 e. The highest BCUT2D eigenvalue weighted by atomic mass is 19.1. The van der Waals surface area contributed by atoms with Crippen LogP contribution in [0.3, 0.4) is 0 Å². The predicted octanol–water partition coefficient (Wildman–Crippen LogP) is 3.39. The van der Waals surface area contributed by atoms with Gasteiger partial charge in [-0.3, -0.25) is 0 Å². The van der Waals surface area contributed by atoms with Crippen molar-refractivity contribution >= 4 is 11.7 Å². The van der Waals surface area contributed by atoms with E-state index in [9.17, 15) is 19.4 Å². The van der Waals surface area contributed by atoms with Crippen molar-refractivity contribution in [3.8, 4) is 5.75 Å². The van der Waals surface area contributed by atoms with Crippen LogP contribution in [0.5, 0.6) is 5.75 Å². The van der Waals surface area contributed by atoms with E-state index in [1.165, 1.54) is 18.2 Å². The molecule has 0 aromatic heterocycles. The summed E-state index contributed by atoms with van der Waals surface area (Å²) in [6.45, 7) is 3.40. The Morgan fingerprint density at radius 1 is 1.19 bits per heavy atom. The minimum absolute atomic E-state index is 0.147.